The summed E-state index contributed by atoms with van der Waals surface area (Å²) in [6.45, 7) is 0.124. The number of aliphatic imine (C=N–C) groups is 1. The van der Waals surface area contributed by atoms with Gasteiger partial charge in [-0.05, 0) is 12.8 Å². The van der Waals surface area contributed by atoms with E-state index in [2.05, 4.69) is 10.3 Å². The molecule has 1 amide bonds. The average Bonchev–Trinajstić information content (AvgIpc) is 2.66. The summed E-state index contributed by atoms with van der Waals surface area (Å²) in [7, 11) is 3.41. The third-order valence-electron chi connectivity index (χ3n) is 2.59. The van der Waals surface area contributed by atoms with Gasteiger partial charge >= 0.3 is 0 Å². The van der Waals surface area contributed by atoms with Crippen molar-refractivity contribution < 1.29 is 4.79 Å². The van der Waals surface area contributed by atoms with Crippen LogP contribution in [0.2, 0.25) is 0 Å². The summed E-state index contributed by atoms with van der Waals surface area (Å²) >= 11 is 0. The first-order chi connectivity index (χ1) is 7.09. The Morgan fingerprint density at radius 1 is 1.44 bits per heavy atom. The second-order valence-corrected chi connectivity index (χ2v) is 4.12. The van der Waals surface area contributed by atoms with Crippen molar-refractivity contribution >= 4 is 35.8 Å². The van der Waals surface area contributed by atoms with Crippen molar-refractivity contribution in [1.82, 2.24) is 10.2 Å². The van der Waals surface area contributed by atoms with E-state index in [1.54, 1.807) is 14.1 Å². The molecule has 0 atom stereocenters. The highest BCUT2D eigenvalue weighted by atomic mass is 127. The Morgan fingerprint density at radius 3 is 2.50 bits per heavy atom. The maximum Gasteiger partial charge on any atom is 0.243 e. The van der Waals surface area contributed by atoms with Gasteiger partial charge in [-0.1, -0.05) is 12.8 Å². The molecular weight excluding hydrogens is 319 g/mol. The number of likely N-dealkylation sites (N-methyl/N-ethyl adjacent to an activating group) is 1. The van der Waals surface area contributed by atoms with Crippen molar-refractivity contribution in [2.75, 3.05) is 20.6 Å². The summed E-state index contributed by atoms with van der Waals surface area (Å²) in [6, 6.07) is 0.447. The summed E-state index contributed by atoms with van der Waals surface area (Å²) in [6.07, 6.45) is 4.80. The Morgan fingerprint density at radius 2 is 2.00 bits per heavy atom. The van der Waals surface area contributed by atoms with Gasteiger partial charge in [0.1, 0.15) is 6.54 Å². The van der Waals surface area contributed by atoms with Gasteiger partial charge in [-0.2, -0.15) is 0 Å². The molecule has 0 saturated heterocycles. The van der Waals surface area contributed by atoms with Gasteiger partial charge < -0.3 is 16.0 Å². The molecule has 5 nitrogen and oxygen atoms in total. The van der Waals surface area contributed by atoms with E-state index in [0.29, 0.717) is 12.0 Å². The van der Waals surface area contributed by atoms with E-state index >= 15 is 0 Å². The molecule has 0 bridgehead atoms. The zero-order valence-corrected chi connectivity index (χ0v) is 12.2. The smallest absolute Gasteiger partial charge is 0.243 e. The second-order valence-electron chi connectivity index (χ2n) is 4.12. The first-order valence-electron chi connectivity index (χ1n) is 5.36. The number of carbonyl (C=O) groups is 1. The van der Waals surface area contributed by atoms with Crippen LogP contribution >= 0.6 is 24.0 Å². The van der Waals surface area contributed by atoms with Crippen molar-refractivity contribution in [3.63, 3.8) is 0 Å². The fourth-order valence-corrected chi connectivity index (χ4v) is 1.62. The van der Waals surface area contributed by atoms with Gasteiger partial charge in [0.25, 0.3) is 0 Å². The normalized spacial score (nSPS) is 16.8. The monoisotopic (exact) mass is 340 g/mol. The molecule has 1 aliphatic carbocycles. The van der Waals surface area contributed by atoms with Crippen molar-refractivity contribution in [1.29, 1.82) is 0 Å². The topological polar surface area (TPSA) is 70.7 Å². The molecule has 6 heteroatoms. The molecule has 1 fully saturated rings. The van der Waals surface area contributed by atoms with Crippen LogP contribution in [0.3, 0.4) is 0 Å². The summed E-state index contributed by atoms with van der Waals surface area (Å²) in [5, 5.41) is 3.13. The number of halogens is 1. The first-order valence-corrected chi connectivity index (χ1v) is 5.36. The minimum absolute atomic E-state index is 0. The summed E-state index contributed by atoms with van der Waals surface area (Å²) in [5.74, 6) is 0.350. The zero-order chi connectivity index (χ0) is 11.3. The number of nitrogens with one attached hydrogen (secondary N) is 1. The Balaban J connectivity index is 0.00000225. The fourth-order valence-electron chi connectivity index (χ4n) is 1.62. The van der Waals surface area contributed by atoms with Crippen molar-refractivity contribution in [2.24, 2.45) is 10.7 Å². The van der Waals surface area contributed by atoms with Crippen LogP contribution in [0.4, 0.5) is 0 Å². The maximum absolute atomic E-state index is 11.2. The van der Waals surface area contributed by atoms with Crippen molar-refractivity contribution in [2.45, 2.75) is 31.7 Å². The molecule has 94 valence electrons. The zero-order valence-electron chi connectivity index (χ0n) is 9.90. The molecule has 0 aliphatic heterocycles. The molecule has 1 saturated carbocycles. The Kier molecular flexibility index (Phi) is 7.44. The molecule has 0 aromatic heterocycles. The molecule has 16 heavy (non-hydrogen) atoms. The predicted molar refractivity (Wildman–Crippen MR) is 76.0 cm³/mol. The minimum atomic E-state index is -0.0360. The van der Waals surface area contributed by atoms with Gasteiger partial charge in [-0.25, -0.2) is 4.99 Å². The van der Waals surface area contributed by atoms with E-state index in [1.165, 1.54) is 17.7 Å². The number of hydrogen-bond acceptors (Lipinski definition) is 2. The Hall–Kier alpha value is -0.530. The quantitative estimate of drug-likeness (QED) is 0.448. The van der Waals surface area contributed by atoms with Gasteiger partial charge in [0, 0.05) is 20.1 Å². The Bertz CT molecular complexity index is 249. The van der Waals surface area contributed by atoms with Gasteiger partial charge in [0.05, 0.1) is 0 Å². The molecule has 0 aromatic rings. The number of carbonyl (C=O) groups excluding carboxylic acids is 1. The van der Waals surface area contributed by atoms with E-state index < -0.39 is 0 Å². The predicted octanol–water partition coefficient (Wildman–Crippen LogP) is 0.539. The molecule has 1 aliphatic rings. The number of nitrogens with zero attached hydrogens (tertiary/aromatic N) is 2. The molecule has 0 radical (unpaired) electrons. The SMILES string of the molecule is CN(C)C(=O)CN=C(N)NC1CCCC1.I. The standard InChI is InChI=1S/C10H20N4O.HI/c1-14(2)9(15)7-12-10(11)13-8-5-3-4-6-8;/h8H,3-7H2,1-2H3,(H3,11,12,13);1H. The van der Waals surface area contributed by atoms with Crippen LogP contribution in [-0.4, -0.2) is 43.4 Å². The van der Waals surface area contributed by atoms with E-state index in [4.69, 9.17) is 5.73 Å². The highest BCUT2D eigenvalue weighted by Crippen LogP contribution is 2.17. The highest BCUT2D eigenvalue weighted by molar-refractivity contribution is 14.0. The molecular formula is C10H21IN4O. The van der Waals surface area contributed by atoms with Gasteiger partial charge in [-0.15, -0.1) is 24.0 Å². The summed E-state index contributed by atoms with van der Waals surface area (Å²) < 4.78 is 0. The maximum atomic E-state index is 11.2. The number of amides is 1. The molecule has 0 aromatic carbocycles. The van der Waals surface area contributed by atoms with Gasteiger partial charge in [0.2, 0.25) is 5.91 Å². The van der Waals surface area contributed by atoms with E-state index in [-0.39, 0.29) is 36.4 Å². The van der Waals surface area contributed by atoms with Crippen molar-refractivity contribution in [3.05, 3.63) is 0 Å². The minimum Gasteiger partial charge on any atom is -0.370 e. The van der Waals surface area contributed by atoms with E-state index in [0.717, 1.165) is 12.8 Å². The van der Waals surface area contributed by atoms with Crippen molar-refractivity contribution in [3.8, 4) is 0 Å². The number of nitrogens with two attached hydrogens (primary N) is 1. The van der Waals surface area contributed by atoms with Crippen LogP contribution in [0.1, 0.15) is 25.7 Å². The van der Waals surface area contributed by atoms with Crippen LogP contribution in [0.5, 0.6) is 0 Å². The molecule has 1 rings (SSSR count). The summed E-state index contributed by atoms with van der Waals surface area (Å²) in [5.41, 5.74) is 5.67. The van der Waals surface area contributed by atoms with E-state index in [9.17, 15) is 4.79 Å². The summed E-state index contributed by atoms with van der Waals surface area (Å²) in [4.78, 5) is 16.7. The number of rotatable bonds is 3. The van der Waals surface area contributed by atoms with Crippen LogP contribution in [0.15, 0.2) is 4.99 Å². The third-order valence-corrected chi connectivity index (χ3v) is 2.59. The third kappa shape index (κ3) is 5.53. The number of guanidine groups is 1. The number of hydrogen-bond donors (Lipinski definition) is 2. The van der Waals surface area contributed by atoms with Gasteiger partial charge in [0.15, 0.2) is 5.96 Å². The highest BCUT2D eigenvalue weighted by Gasteiger charge is 2.14. The van der Waals surface area contributed by atoms with Crippen LogP contribution in [0, 0.1) is 0 Å². The lowest BCUT2D eigenvalue weighted by molar-refractivity contribution is -0.127. The molecule has 3 N–H and O–H groups in total. The van der Waals surface area contributed by atoms with Crippen LogP contribution < -0.4 is 11.1 Å². The fraction of sp³-hybridized carbons (Fsp3) is 0.800. The first kappa shape index (κ1) is 15.5. The molecule has 0 unspecified atom stereocenters. The van der Waals surface area contributed by atoms with E-state index in [1.807, 2.05) is 0 Å². The second kappa shape index (κ2) is 7.70. The lowest BCUT2D eigenvalue weighted by Gasteiger charge is -2.13. The van der Waals surface area contributed by atoms with Gasteiger partial charge in [-0.3, -0.25) is 4.79 Å². The molecule has 0 heterocycles. The van der Waals surface area contributed by atoms with Crippen LogP contribution in [0.25, 0.3) is 0 Å². The van der Waals surface area contributed by atoms with Crippen LogP contribution in [-0.2, 0) is 4.79 Å². The lowest BCUT2D eigenvalue weighted by atomic mass is 10.2. The largest absolute Gasteiger partial charge is 0.370 e. The average molecular weight is 340 g/mol. The molecule has 0 spiro atoms. The Labute approximate surface area is 114 Å². The lowest BCUT2D eigenvalue weighted by Crippen LogP contribution is -2.39.